The van der Waals surface area contributed by atoms with E-state index in [0.29, 0.717) is 25.8 Å². The van der Waals surface area contributed by atoms with Gasteiger partial charge in [0.05, 0.1) is 5.56 Å². The van der Waals surface area contributed by atoms with Crippen LogP contribution in [0.5, 0.6) is 0 Å². The van der Waals surface area contributed by atoms with Crippen LogP contribution in [0.3, 0.4) is 0 Å². The second-order valence-electron chi connectivity index (χ2n) is 3.92. The molecule has 86 valence electrons. The van der Waals surface area contributed by atoms with Crippen molar-refractivity contribution in [2.45, 2.75) is 0 Å². The summed E-state index contributed by atoms with van der Waals surface area (Å²) < 4.78 is 1.15. The normalized spacial score (nSPS) is 11.9. The average Bonchev–Trinajstić information content (AvgIpc) is 2.64. The highest BCUT2D eigenvalue weighted by molar-refractivity contribution is 9.11. The molecule has 0 aliphatic heterocycles. The molecule has 0 saturated carbocycles. The summed E-state index contributed by atoms with van der Waals surface area (Å²) in [5.41, 5.74) is 3.31. The van der Waals surface area contributed by atoms with Gasteiger partial charge in [-0.15, -0.1) is 0 Å². The number of hydrogen-bond acceptors (Lipinski definition) is 2. The molecule has 3 nitrogen and oxygen atoms in total. The molecule has 0 amide bonds. The number of hydrogen-bond donors (Lipinski definition) is 0. The third-order valence-electron chi connectivity index (χ3n) is 2.98. The summed E-state index contributed by atoms with van der Waals surface area (Å²) in [6.07, 6.45) is 0. The van der Waals surface area contributed by atoms with Crippen LogP contribution >= 0.6 is 31.9 Å². The fourth-order valence-electron chi connectivity index (χ4n) is 2.19. The van der Waals surface area contributed by atoms with Crippen LogP contribution in [0.4, 0.5) is 5.69 Å². The third-order valence-corrected chi connectivity index (χ3v) is 4.36. The zero-order valence-corrected chi connectivity index (χ0v) is 12.1. The van der Waals surface area contributed by atoms with Gasteiger partial charge in [-0.05, 0) is 49.1 Å². The summed E-state index contributed by atoms with van der Waals surface area (Å²) >= 11 is 6.68. The molecule has 0 N–H and O–H groups in total. The Hall–Kier alpha value is -1.51. The number of diazo groups is 1. The maximum Gasteiger partial charge on any atom is 0.413 e. The topological polar surface area (TPSA) is 45.2 Å². The Bertz CT molecular complexity index is 747. The number of fused-ring (bicyclic) bond motifs is 3. The lowest BCUT2D eigenvalue weighted by Gasteiger charge is -2.00. The van der Waals surface area contributed by atoms with Crippen LogP contribution in [-0.2, 0) is 0 Å². The van der Waals surface area contributed by atoms with Crippen LogP contribution in [-0.4, -0.2) is 5.78 Å². The molecule has 2 aromatic carbocycles. The van der Waals surface area contributed by atoms with Gasteiger partial charge in [0, 0.05) is 5.56 Å². The third kappa shape index (κ3) is 1.39. The molecule has 0 heterocycles. The van der Waals surface area contributed by atoms with Crippen molar-refractivity contribution in [3.8, 4) is 11.1 Å². The standard InChI is InChI=1S/C13H5Br2N2O/c14-9-5-8-6-3-1-2-4-7(6)13(18)10(8)11(15)12(9)17-16/h1-5H/q+1. The van der Waals surface area contributed by atoms with Gasteiger partial charge in [0.25, 0.3) is 0 Å². The van der Waals surface area contributed by atoms with Crippen molar-refractivity contribution in [2.24, 2.45) is 0 Å². The van der Waals surface area contributed by atoms with E-state index in [1.54, 1.807) is 12.1 Å². The lowest BCUT2D eigenvalue weighted by Crippen LogP contribution is -1.96. The van der Waals surface area contributed by atoms with Crippen molar-refractivity contribution < 1.29 is 4.79 Å². The van der Waals surface area contributed by atoms with Gasteiger partial charge < -0.3 is 0 Å². The van der Waals surface area contributed by atoms with E-state index < -0.39 is 0 Å². The van der Waals surface area contributed by atoms with Crippen LogP contribution in [0.2, 0.25) is 0 Å². The molecule has 3 rings (SSSR count). The van der Waals surface area contributed by atoms with Crippen LogP contribution in [0.15, 0.2) is 39.3 Å². The highest BCUT2D eigenvalue weighted by Gasteiger charge is 2.34. The minimum atomic E-state index is -0.0510. The summed E-state index contributed by atoms with van der Waals surface area (Å²) in [5.74, 6) is -0.0510. The Morgan fingerprint density at radius 3 is 2.39 bits per heavy atom. The molecule has 18 heavy (non-hydrogen) atoms. The quantitative estimate of drug-likeness (QED) is 0.532. The van der Waals surface area contributed by atoms with Crippen LogP contribution < -0.4 is 0 Å². The van der Waals surface area contributed by atoms with E-state index in [-0.39, 0.29) is 5.78 Å². The Morgan fingerprint density at radius 1 is 1.06 bits per heavy atom. The molecular formula is C13H5Br2N2O+. The van der Waals surface area contributed by atoms with Crippen LogP contribution in [0.25, 0.3) is 16.1 Å². The number of benzene rings is 2. The first-order valence-electron chi connectivity index (χ1n) is 5.16. The summed E-state index contributed by atoms with van der Waals surface area (Å²) in [7, 11) is 0. The van der Waals surface area contributed by atoms with E-state index in [1.165, 1.54) is 0 Å². The Kier molecular flexibility index (Phi) is 2.58. The zero-order valence-electron chi connectivity index (χ0n) is 8.95. The molecule has 0 aromatic heterocycles. The highest BCUT2D eigenvalue weighted by atomic mass is 79.9. The molecule has 0 radical (unpaired) electrons. The van der Waals surface area contributed by atoms with E-state index in [9.17, 15) is 4.79 Å². The molecule has 5 heteroatoms. The van der Waals surface area contributed by atoms with Crippen molar-refractivity contribution in [3.05, 3.63) is 55.4 Å². The van der Waals surface area contributed by atoms with Crippen LogP contribution in [0.1, 0.15) is 15.9 Å². The van der Waals surface area contributed by atoms with E-state index in [1.807, 2.05) is 18.2 Å². The highest BCUT2D eigenvalue weighted by Crippen LogP contribution is 2.47. The first kappa shape index (κ1) is 11.6. The maximum atomic E-state index is 12.3. The largest absolute Gasteiger partial charge is 0.413 e. The SMILES string of the molecule is N#[N+]c1c(Br)cc2c(c1Br)C(=O)c1ccccc1-2. The lowest BCUT2D eigenvalue weighted by atomic mass is 10.1. The van der Waals surface area contributed by atoms with Crippen molar-refractivity contribution >= 4 is 43.3 Å². The number of carbonyl (C=O) groups is 1. The Morgan fingerprint density at radius 2 is 1.72 bits per heavy atom. The molecule has 1 aliphatic rings. The number of rotatable bonds is 0. The van der Waals surface area contributed by atoms with Gasteiger partial charge in [0.2, 0.25) is 5.39 Å². The van der Waals surface area contributed by atoms with Gasteiger partial charge >= 0.3 is 5.69 Å². The Balaban J connectivity index is 2.44. The first-order chi connectivity index (χ1) is 8.65. The average molecular weight is 365 g/mol. The lowest BCUT2D eigenvalue weighted by molar-refractivity contribution is 0.104. The monoisotopic (exact) mass is 363 g/mol. The molecule has 0 fully saturated rings. The van der Waals surface area contributed by atoms with E-state index in [2.05, 4.69) is 36.8 Å². The Labute approximate surface area is 120 Å². The summed E-state index contributed by atoms with van der Waals surface area (Å²) in [6.45, 7) is 0. The molecule has 0 unspecified atom stereocenters. The number of ketones is 1. The molecule has 2 aromatic rings. The molecular weight excluding hydrogens is 360 g/mol. The summed E-state index contributed by atoms with van der Waals surface area (Å²) in [6, 6.07) is 9.25. The maximum absolute atomic E-state index is 12.3. The minimum Gasteiger partial charge on any atom is -0.289 e. The van der Waals surface area contributed by atoms with Gasteiger partial charge in [0.15, 0.2) is 10.8 Å². The summed E-state index contributed by atoms with van der Waals surface area (Å²) in [4.78, 5) is 15.5. The fourth-order valence-corrected chi connectivity index (χ4v) is 3.64. The second-order valence-corrected chi connectivity index (χ2v) is 5.57. The predicted molar refractivity (Wildman–Crippen MR) is 75.5 cm³/mol. The molecule has 0 bridgehead atoms. The molecule has 1 aliphatic carbocycles. The van der Waals surface area contributed by atoms with E-state index in [0.717, 1.165) is 11.1 Å². The van der Waals surface area contributed by atoms with Gasteiger partial charge in [-0.3, -0.25) is 4.79 Å². The number of nitrogens with zero attached hydrogens (tertiary/aromatic N) is 2. The van der Waals surface area contributed by atoms with Gasteiger partial charge in [-0.1, -0.05) is 24.3 Å². The smallest absolute Gasteiger partial charge is 0.289 e. The molecule has 0 spiro atoms. The molecule has 0 saturated heterocycles. The van der Waals surface area contributed by atoms with Gasteiger partial charge in [-0.25, -0.2) is 0 Å². The zero-order chi connectivity index (χ0) is 12.9. The number of carbonyl (C=O) groups excluding carboxylic acids is 1. The fraction of sp³-hybridized carbons (Fsp3) is 0. The molecule has 0 atom stereocenters. The van der Waals surface area contributed by atoms with Gasteiger partial charge in [0.1, 0.15) is 8.95 Å². The minimum absolute atomic E-state index is 0.0510. The van der Waals surface area contributed by atoms with Crippen molar-refractivity contribution in [2.75, 3.05) is 0 Å². The second kappa shape index (κ2) is 4.01. The van der Waals surface area contributed by atoms with Crippen molar-refractivity contribution in [1.82, 2.24) is 0 Å². The summed E-state index contributed by atoms with van der Waals surface area (Å²) in [5, 5.41) is 8.99. The van der Waals surface area contributed by atoms with E-state index >= 15 is 0 Å². The van der Waals surface area contributed by atoms with Crippen LogP contribution in [0, 0.1) is 5.39 Å². The van der Waals surface area contributed by atoms with Crippen molar-refractivity contribution in [1.29, 1.82) is 5.39 Å². The predicted octanol–water partition coefficient (Wildman–Crippen LogP) is 4.91. The number of halogens is 2. The van der Waals surface area contributed by atoms with Gasteiger partial charge in [-0.2, -0.15) is 0 Å². The van der Waals surface area contributed by atoms with Crippen molar-refractivity contribution in [3.63, 3.8) is 0 Å². The first-order valence-corrected chi connectivity index (χ1v) is 6.75. The van der Waals surface area contributed by atoms with E-state index in [4.69, 9.17) is 5.39 Å².